The van der Waals surface area contributed by atoms with Crippen molar-refractivity contribution in [3.05, 3.63) is 65.2 Å². The quantitative estimate of drug-likeness (QED) is 0.801. The molecule has 25 heavy (non-hydrogen) atoms. The zero-order valence-corrected chi connectivity index (χ0v) is 15.9. The summed E-state index contributed by atoms with van der Waals surface area (Å²) in [4.78, 5) is 12.7. The van der Waals surface area contributed by atoms with Crippen LogP contribution in [-0.4, -0.2) is 17.6 Å². The minimum Gasteiger partial charge on any atom is -0.480 e. The van der Waals surface area contributed by atoms with Crippen LogP contribution in [0.25, 0.3) is 0 Å². The normalized spacial score (nSPS) is 12.5. The molecule has 0 fully saturated rings. The zero-order valence-electron chi connectivity index (χ0n) is 15.9. The van der Waals surface area contributed by atoms with Crippen molar-refractivity contribution in [2.24, 2.45) is 0 Å². The van der Waals surface area contributed by atoms with E-state index in [4.69, 9.17) is 4.74 Å². The third-order valence-corrected chi connectivity index (χ3v) is 4.23. The first-order chi connectivity index (χ1) is 11.8. The molecule has 0 saturated carbocycles. The minimum absolute atomic E-state index is 0.0654. The summed E-state index contributed by atoms with van der Waals surface area (Å²) in [6, 6.07) is 16.3. The second kappa shape index (κ2) is 8.19. The standard InChI is InChI=1S/C22H29NO2/c1-6-19(25-20-14-16(2)12-13-17(20)3)21(24)23-22(4,5)15-18-10-8-7-9-11-18/h7-14,19H,6,15H2,1-5H3,(H,23,24). The van der Waals surface area contributed by atoms with Gasteiger partial charge in [0.05, 0.1) is 0 Å². The fraction of sp³-hybridized carbons (Fsp3) is 0.409. The van der Waals surface area contributed by atoms with Crippen LogP contribution in [0.4, 0.5) is 0 Å². The summed E-state index contributed by atoms with van der Waals surface area (Å²) in [5, 5.41) is 3.15. The van der Waals surface area contributed by atoms with Crippen LogP contribution in [-0.2, 0) is 11.2 Å². The first-order valence-electron chi connectivity index (χ1n) is 8.90. The summed E-state index contributed by atoms with van der Waals surface area (Å²) in [5.41, 5.74) is 3.04. The average molecular weight is 339 g/mol. The maximum absolute atomic E-state index is 12.7. The summed E-state index contributed by atoms with van der Waals surface area (Å²) in [6.45, 7) is 10.1. The molecule has 3 heteroatoms. The molecular weight excluding hydrogens is 310 g/mol. The van der Waals surface area contributed by atoms with Crippen LogP contribution in [0.15, 0.2) is 48.5 Å². The lowest BCUT2D eigenvalue weighted by atomic mass is 9.94. The number of amides is 1. The lowest BCUT2D eigenvalue weighted by Crippen LogP contribution is -2.50. The maximum Gasteiger partial charge on any atom is 0.261 e. The largest absolute Gasteiger partial charge is 0.480 e. The monoisotopic (exact) mass is 339 g/mol. The van der Waals surface area contributed by atoms with Crippen LogP contribution < -0.4 is 10.1 Å². The van der Waals surface area contributed by atoms with Gasteiger partial charge in [0.15, 0.2) is 6.10 Å². The number of hydrogen-bond acceptors (Lipinski definition) is 2. The van der Waals surface area contributed by atoms with E-state index in [1.165, 1.54) is 5.56 Å². The molecule has 1 N–H and O–H groups in total. The van der Waals surface area contributed by atoms with E-state index in [-0.39, 0.29) is 11.4 Å². The fourth-order valence-electron chi connectivity index (χ4n) is 2.87. The van der Waals surface area contributed by atoms with E-state index < -0.39 is 6.10 Å². The molecule has 2 aromatic rings. The van der Waals surface area contributed by atoms with Gasteiger partial charge in [0.2, 0.25) is 0 Å². The van der Waals surface area contributed by atoms with Crippen molar-refractivity contribution >= 4 is 5.91 Å². The Kier molecular flexibility index (Phi) is 6.24. The highest BCUT2D eigenvalue weighted by atomic mass is 16.5. The van der Waals surface area contributed by atoms with Crippen molar-refractivity contribution in [1.82, 2.24) is 5.32 Å². The van der Waals surface area contributed by atoms with E-state index in [0.717, 1.165) is 23.3 Å². The van der Waals surface area contributed by atoms with Gasteiger partial charge in [0.1, 0.15) is 5.75 Å². The molecule has 0 aliphatic rings. The molecule has 0 aliphatic carbocycles. The summed E-state index contributed by atoms with van der Waals surface area (Å²) in [6.07, 6.45) is 0.913. The van der Waals surface area contributed by atoms with Crippen molar-refractivity contribution in [2.75, 3.05) is 0 Å². The SMILES string of the molecule is CCC(Oc1cc(C)ccc1C)C(=O)NC(C)(C)Cc1ccccc1. The molecule has 0 heterocycles. The van der Waals surface area contributed by atoms with Gasteiger partial charge in [0.25, 0.3) is 5.91 Å². The first kappa shape index (κ1) is 19.0. The molecule has 0 spiro atoms. The summed E-state index contributed by atoms with van der Waals surface area (Å²) >= 11 is 0. The molecule has 1 unspecified atom stereocenters. The number of ether oxygens (including phenoxy) is 1. The van der Waals surface area contributed by atoms with Crippen LogP contribution in [0.5, 0.6) is 5.75 Å². The van der Waals surface area contributed by atoms with Gasteiger partial charge in [-0.25, -0.2) is 0 Å². The van der Waals surface area contributed by atoms with Gasteiger partial charge in [0, 0.05) is 5.54 Å². The molecule has 1 atom stereocenters. The molecule has 0 bridgehead atoms. The van der Waals surface area contributed by atoms with Crippen LogP contribution in [0.3, 0.4) is 0 Å². The van der Waals surface area contributed by atoms with E-state index in [0.29, 0.717) is 6.42 Å². The van der Waals surface area contributed by atoms with Gasteiger partial charge >= 0.3 is 0 Å². The Bertz CT molecular complexity index is 707. The molecule has 0 aliphatic heterocycles. The molecular formula is C22H29NO2. The molecule has 0 saturated heterocycles. The lowest BCUT2D eigenvalue weighted by Gasteiger charge is -2.29. The molecule has 2 aromatic carbocycles. The fourth-order valence-corrected chi connectivity index (χ4v) is 2.87. The van der Waals surface area contributed by atoms with Gasteiger partial charge in [-0.2, -0.15) is 0 Å². The molecule has 3 nitrogen and oxygen atoms in total. The van der Waals surface area contributed by atoms with E-state index in [2.05, 4.69) is 17.4 Å². The van der Waals surface area contributed by atoms with Gasteiger partial charge in [-0.3, -0.25) is 4.79 Å². The third-order valence-electron chi connectivity index (χ3n) is 4.23. The van der Waals surface area contributed by atoms with Crippen LogP contribution in [0.2, 0.25) is 0 Å². The summed E-state index contributed by atoms with van der Waals surface area (Å²) in [7, 11) is 0. The number of carbonyl (C=O) groups excluding carboxylic acids is 1. The summed E-state index contributed by atoms with van der Waals surface area (Å²) in [5.74, 6) is 0.715. The molecule has 0 radical (unpaired) electrons. The van der Waals surface area contributed by atoms with Crippen molar-refractivity contribution in [2.45, 2.75) is 59.1 Å². The van der Waals surface area contributed by atoms with Gasteiger partial charge in [-0.05, 0) is 63.3 Å². The number of aryl methyl sites for hydroxylation is 2. The molecule has 2 rings (SSSR count). The Morgan fingerprint density at radius 1 is 1.12 bits per heavy atom. The number of carbonyl (C=O) groups is 1. The second-order valence-electron chi connectivity index (χ2n) is 7.32. The van der Waals surface area contributed by atoms with Crippen LogP contribution in [0, 0.1) is 13.8 Å². The van der Waals surface area contributed by atoms with Crippen molar-refractivity contribution in [3.63, 3.8) is 0 Å². The highest BCUT2D eigenvalue weighted by Crippen LogP contribution is 2.22. The Morgan fingerprint density at radius 3 is 2.44 bits per heavy atom. The van der Waals surface area contributed by atoms with Crippen LogP contribution in [0.1, 0.15) is 43.9 Å². The minimum atomic E-state index is -0.490. The molecule has 134 valence electrons. The highest BCUT2D eigenvalue weighted by Gasteiger charge is 2.26. The first-order valence-corrected chi connectivity index (χ1v) is 8.90. The van der Waals surface area contributed by atoms with Crippen molar-refractivity contribution in [3.8, 4) is 5.75 Å². The van der Waals surface area contributed by atoms with Gasteiger partial charge in [-0.15, -0.1) is 0 Å². The number of nitrogens with one attached hydrogen (secondary N) is 1. The molecule has 0 aromatic heterocycles. The topological polar surface area (TPSA) is 38.3 Å². The van der Waals surface area contributed by atoms with E-state index in [9.17, 15) is 4.79 Å². The lowest BCUT2D eigenvalue weighted by molar-refractivity contribution is -0.129. The zero-order chi connectivity index (χ0) is 18.4. The number of benzene rings is 2. The predicted molar refractivity (Wildman–Crippen MR) is 103 cm³/mol. The van der Waals surface area contributed by atoms with E-state index in [1.807, 2.05) is 71.0 Å². The number of hydrogen-bond donors (Lipinski definition) is 1. The molecule has 1 amide bonds. The average Bonchev–Trinajstić information content (AvgIpc) is 2.55. The Labute approximate surface area is 151 Å². The van der Waals surface area contributed by atoms with Crippen molar-refractivity contribution < 1.29 is 9.53 Å². The maximum atomic E-state index is 12.7. The Balaban J connectivity index is 2.04. The van der Waals surface area contributed by atoms with Crippen molar-refractivity contribution in [1.29, 1.82) is 0 Å². The highest BCUT2D eigenvalue weighted by molar-refractivity contribution is 5.81. The summed E-state index contributed by atoms with van der Waals surface area (Å²) < 4.78 is 6.02. The van der Waals surface area contributed by atoms with E-state index in [1.54, 1.807) is 0 Å². The number of rotatable bonds is 7. The Morgan fingerprint density at radius 2 is 1.80 bits per heavy atom. The third kappa shape index (κ3) is 5.63. The predicted octanol–water partition coefficient (Wildman–Crippen LogP) is 4.60. The van der Waals surface area contributed by atoms with Gasteiger partial charge in [-0.1, -0.05) is 49.4 Å². The van der Waals surface area contributed by atoms with Gasteiger partial charge < -0.3 is 10.1 Å². The Hall–Kier alpha value is -2.29. The second-order valence-corrected chi connectivity index (χ2v) is 7.32. The smallest absolute Gasteiger partial charge is 0.261 e. The van der Waals surface area contributed by atoms with E-state index >= 15 is 0 Å². The van der Waals surface area contributed by atoms with Crippen LogP contribution >= 0.6 is 0 Å².